The molecule has 0 aliphatic heterocycles. The maximum absolute atomic E-state index is 11.3. The number of ether oxygens (including phenoxy) is 1. The van der Waals surface area contributed by atoms with E-state index in [1.807, 2.05) is 12.1 Å². The fourth-order valence-corrected chi connectivity index (χ4v) is 6.47. The molecule has 5 atom stereocenters. The van der Waals surface area contributed by atoms with E-state index in [1.54, 1.807) is 0 Å². The highest BCUT2D eigenvalue weighted by Crippen LogP contribution is 2.62. The molecule has 0 amide bonds. The van der Waals surface area contributed by atoms with E-state index in [9.17, 15) is 5.11 Å². The number of allylic oxidation sites excluding steroid dienone is 1. The van der Waals surface area contributed by atoms with Crippen LogP contribution in [0.3, 0.4) is 0 Å². The molecular formula is C28H32O2. The van der Waals surface area contributed by atoms with Gasteiger partial charge in [0.2, 0.25) is 0 Å². The molecule has 0 bridgehead atoms. The number of benzene rings is 2. The summed E-state index contributed by atoms with van der Waals surface area (Å²) in [7, 11) is 0. The molecule has 156 valence electrons. The summed E-state index contributed by atoms with van der Waals surface area (Å²) < 4.78 is 6.08. The largest absolute Gasteiger partial charge is 0.489 e. The quantitative estimate of drug-likeness (QED) is 0.605. The maximum Gasteiger partial charge on any atom is 0.120 e. The minimum absolute atomic E-state index is 0.0708. The Kier molecular flexibility index (Phi) is 4.86. The molecule has 0 aromatic heterocycles. The lowest BCUT2D eigenvalue weighted by atomic mass is 9.52. The summed E-state index contributed by atoms with van der Waals surface area (Å²) in [6, 6.07) is 17.1. The first-order valence-electron chi connectivity index (χ1n) is 11.4. The predicted molar refractivity (Wildman–Crippen MR) is 122 cm³/mol. The summed E-state index contributed by atoms with van der Waals surface area (Å²) in [5, 5.41) is 11.3. The van der Waals surface area contributed by atoms with Crippen molar-refractivity contribution >= 4 is 0 Å². The van der Waals surface area contributed by atoms with Gasteiger partial charge in [0.05, 0.1) is 5.60 Å². The molecule has 2 aromatic rings. The molecule has 1 unspecified atom stereocenters. The van der Waals surface area contributed by atoms with Gasteiger partial charge >= 0.3 is 0 Å². The zero-order valence-electron chi connectivity index (χ0n) is 17.9. The Hall–Kier alpha value is -2.32. The van der Waals surface area contributed by atoms with Crippen LogP contribution in [0.4, 0.5) is 0 Å². The first kappa shape index (κ1) is 19.6. The van der Waals surface area contributed by atoms with Gasteiger partial charge in [0.15, 0.2) is 0 Å². The van der Waals surface area contributed by atoms with Crippen LogP contribution in [0.15, 0.2) is 73.3 Å². The lowest BCUT2D eigenvalue weighted by molar-refractivity contribution is -0.0836. The summed E-state index contributed by atoms with van der Waals surface area (Å²) in [5.41, 5.74) is 3.35. The number of hydrogen-bond acceptors (Lipinski definition) is 2. The third-order valence-corrected chi connectivity index (χ3v) is 8.22. The average molecular weight is 401 g/mol. The molecule has 2 aromatic carbocycles. The van der Waals surface area contributed by atoms with Gasteiger partial charge in [-0.2, -0.15) is 0 Å². The molecule has 0 spiro atoms. The number of aliphatic hydroxyl groups is 1. The first-order valence-corrected chi connectivity index (χ1v) is 11.4. The normalized spacial score (nSPS) is 34.0. The van der Waals surface area contributed by atoms with Gasteiger partial charge in [-0.05, 0) is 78.7 Å². The highest BCUT2D eigenvalue weighted by atomic mass is 16.5. The van der Waals surface area contributed by atoms with E-state index in [4.69, 9.17) is 4.74 Å². The van der Waals surface area contributed by atoms with Crippen molar-refractivity contribution in [3.05, 3.63) is 90.0 Å². The third-order valence-electron chi connectivity index (χ3n) is 8.22. The maximum atomic E-state index is 11.3. The van der Waals surface area contributed by atoms with Crippen molar-refractivity contribution in [1.82, 2.24) is 0 Å². The van der Waals surface area contributed by atoms with Crippen LogP contribution in [0.2, 0.25) is 0 Å². The van der Waals surface area contributed by atoms with Gasteiger partial charge < -0.3 is 9.84 Å². The Morgan fingerprint density at radius 3 is 2.80 bits per heavy atom. The van der Waals surface area contributed by atoms with E-state index in [0.717, 1.165) is 25.0 Å². The van der Waals surface area contributed by atoms with Crippen molar-refractivity contribution in [1.29, 1.82) is 0 Å². The van der Waals surface area contributed by atoms with E-state index < -0.39 is 5.60 Å². The van der Waals surface area contributed by atoms with E-state index in [2.05, 4.69) is 68.1 Å². The second-order valence-electron chi connectivity index (χ2n) is 9.70. The lowest BCUT2D eigenvalue weighted by Gasteiger charge is -2.53. The second-order valence-corrected chi connectivity index (χ2v) is 9.70. The SMILES string of the molecule is C=CCC1(O)C=C[C@H]2[C@@H]3CCc4cc(OCc5ccccc5)ccc4[C@H]3CC[C@@]21C. The number of rotatable bonds is 5. The average Bonchev–Trinajstić information content (AvgIpc) is 3.03. The van der Waals surface area contributed by atoms with Gasteiger partial charge in [-0.25, -0.2) is 0 Å². The van der Waals surface area contributed by atoms with E-state index in [1.165, 1.54) is 23.1 Å². The van der Waals surface area contributed by atoms with Crippen LogP contribution in [0.1, 0.15) is 55.2 Å². The van der Waals surface area contributed by atoms with Gasteiger partial charge in [-0.1, -0.05) is 61.5 Å². The molecule has 2 heteroatoms. The van der Waals surface area contributed by atoms with Gasteiger partial charge in [-0.3, -0.25) is 0 Å². The Morgan fingerprint density at radius 2 is 2.00 bits per heavy atom. The Morgan fingerprint density at radius 1 is 1.17 bits per heavy atom. The van der Waals surface area contributed by atoms with Crippen molar-refractivity contribution < 1.29 is 9.84 Å². The number of aryl methyl sites for hydroxylation is 1. The third kappa shape index (κ3) is 3.04. The molecule has 0 saturated heterocycles. The summed E-state index contributed by atoms with van der Waals surface area (Å²) in [4.78, 5) is 0. The molecule has 2 nitrogen and oxygen atoms in total. The number of hydrogen-bond donors (Lipinski definition) is 1. The molecule has 1 fully saturated rings. The topological polar surface area (TPSA) is 29.5 Å². The van der Waals surface area contributed by atoms with Crippen LogP contribution >= 0.6 is 0 Å². The fourth-order valence-electron chi connectivity index (χ4n) is 6.47. The first-order chi connectivity index (χ1) is 14.5. The van der Waals surface area contributed by atoms with Crippen molar-refractivity contribution in [2.45, 2.75) is 57.2 Å². The summed E-state index contributed by atoms with van der Waals surface area (Å²) in [5.74, 6) is 2.62. The highest BCUT2D eigenvalue weighted by Gasteiger charge is 2.58. The van der Waals surface area contributed by atoms with Gasteiger partial charge in [-0.15, -0.1) is 6.58 Å². The second kappa shape index (κ2) is 7.42. The van der Waals surface area contributed by atoms with Crippen molar-refractivity contribution in [2.24, 2.45) is 17.3 Å². The van der Waals surface area contributed by atoms with Crippen LogP contribution in [0.25, 0.3) is 0 Å². The Bertz CT molecular complexity index is 962. The van der Waals surface area contributed by atoms with Gasteiger partial charge in [0.1, 0.15) is 12.4 Å². The Labute approximate surface area is 180 Å². The van der Waals surface area contributed by atoms with E-state index in [0.29, 0.717) is 30.8 Å². The molecule has 0 radical (unpaired) electrons. The smallest absolute Gasteiger partial charge is 0.120 e. The van der Waals surface area contributed by atoms with Crippen LogP contribution in [0.5, 0.6) is 5.75 Å². The minimum atomic E-state index is -0.736. The molecule has 3 aliphatic carbocycles. The van der Waals surface area contributed by atoms with Crippen LogP contribution < -0.4 is 4.74 Å². The van der Waals surface area contributed by atoms with Crippen LogP contribution in [-0.4, -0.2) is 10.7 Å². The molecule has 0 heterocycles. The molecule has 1 saturated carbocycles. The van der Waals surface area contributed by atoms with Gasteiger partial charge in [0, 0.05) is 5.41 Å². The summed E-state index contributed by atoms with van der Waals surface area (Å²) >= 11 is 0. The molecule has 5 rings (SSSR count). The molecule has 3 aliphatic rings. The molecule has 1 N–H and O–H groups in total. The standard InChI is InChI=1S/C28H32O2/c1-3-15-28(29)17-14-26-25-11-9-21-18-22(30-19-20-7-5-4-6-8-20)10-12-23(21)24(25)13-16-27(26,28)2/h3-8,10,12,14,17-18,24-26,29H,1,9,11,13,15-16,19H2,2H3/t24-,25-,26+,27+,28?/m1/s1. The Balaban J connectivity index is 1.35. The zero-order chi connectivity index (χ0) is 20.8. The van der Waals surface area contributed by atoms with Crippen molar-refractivity contribution in [3.63, 3.8) is 0 Å². The van der Waals surface area contributed by atoms with E-state index >= 15 is 0 Å². The number of fused-ring (bicyclic) bond motifs is 5. The fraction of sp³-hybridized carbons (Fsp3) is 0.429. The summed E-state index contributed by atoms with van der Waals surface area (Å²) in [6.45, 7) is 6.80. The lowest BCUT2D eigenvalue weighted by Crippen LogP contribution is -2.51. The predicted octanol–water partition coefficient (Wildman–Crippen LogP) is 6.20. The zero-order valence-corrected chi connectivity index (χ0v) is 17.9. The molecular weight excluding hydrogens is 368 g/mol. The minimum Gasteiger partial charge on any atom is -0.489 e. The van der Waals surface area contributed by atoms with Crippen molar-refractivity contribution in [2.75, 3.05) is 0 Å². The van der Waals surface area contributed by atoms with Crippen molar-refractivity contribution in [3.8, 4) is 5.75 Å². The molecule has 30 heavy (non-hydrogen) atoms. The van der Waals surface area contributed by atoms with E-state index in [-0.39, 0.29) is 5.41 Å². The van der Waals surface area contributed by atoms with Crippen LogP contribution in [0, 0.1) is 17.3 Å². The summed E-state index contributed by atoms with van der Waals surface area (Å²) in [6.07, 6.45) is 11.4. The highest BCUT2D eigenvalue weighted by molar-refractivity contribution is 5.42. The van der Waals surface area contributed by atoms with Gasteiger partial charge in [0.25, 0.3) is 0 Å². The monoisotopic (exact) mass is 400 g/mol. The van der Waals surface area contributed by atoms with Crippen LogP contribution in [-0.2, 0) is 13.0 Å².